The van der Waals surface area contributed by atoms with E-state index in [0.717, 1.165) is 5.56 Å². The molecule has 2 aromatic carbocycles. The van der Waals surface area contributed by atoms with Crippen LogP contribution in [0, 0.1) is 0 Å². The van der Waals surface area contributed by atoms with E-state index in [1.165, 1.54) is 7.11 Å². The minimum absolute atomic E-state index is 0.313. The highest BCUT2D eigenvalue weighted by Crippen LogP contribution is 2.40. The van der Waals surface area contributed by atoms with E-state index in [2.05, 4.69) is 0 Å². The molecule has 0 aromatic heterocycles. The van der Waals surface area contributed by atoms with E-state index in [1.54, 1.807) is 42.5 Å². The van der Waals surface area contributed by atoms with E-state index in [4.69, 9.17) is 25.8 Å². The predicted molar refractivity (Wildman–Crippen MR) is 111 cm³/mol. The number of hydrogen-bond donors (Lipinski definition) is 4. The Bertz CT molecular complexity index is 896. The summed E-state index contributed by atoms with van der Waals surface area (Å²) in [5.41, 5.74) is 1.78. The molecule has 5 atom stereocenters. The molecule has 0 aliphatic carbocycles. The molecular formula is C22H25ClF2O7. The molecule has 0 bridgehead atoms. The summed E-state index contributed by atoms with van der Waals surface area (Å²) < 4.78 is 40.7. The molecule has 1 unspecified atom stereocenters. The third kappa shape index (κ3) is 5.04. The molecule has 0 amide bonds. The highest BCUT2D eigenvalue weighted by atomic mass is 35.5. The van der Waals surface area contributed by atoms with Crippen LogP contribution in [-0.2, 0) is 21.7 Å². The van der Waals surface area contributed by atoms with Crippen molar-refractivity contribution in [3.8, 4) is 5.75 Å². The molecule has 176 valence electrons. The van der Waals surface area contributed by atoms with Crippen LogP contribution < -0.4 is 4.74 Å². The highest BCUT2D eigenvalue weighted by molar-refractivity contribution is 6.31. The number of benzene rings is 2. The summed E-state index contributed by atoms with van der Waals surface area (Å²) in [6.45, 7) is -1.29. The number of alkyl halides is 2. The monoisotopic (exact) mass is 474 g/mol. The van der Waals surface area contributed by atoms with E-state index in [9.17, 15) is 29.2 Å². The van der Waals surface area contributed by atoms with Crippen LogP contribution in [-0.4, -0.2) is 71.6 Å². The van der Waals surface area contributed by atoms with Crippen molar-refractivity contribution < 1.29 is 43.4 Å². The average Bonchev–Trinajstić information content (AvgIpc) is 2.79. The van der Waals surface area contributed by atoms with E-state index in [0.29, 0.717) is 28.3 Å². The van der Waals surface area contributed by atoms with Gasteiger partial charge >= 0.3 is 0 Å². The Balaban J connectivity index is 1.87. The third-order valence-corrected chi connectivity index (χ3v) is 5.76. The summed E-state index contributed by atoms with van der Waals surface area (Å²) in [6.07, 6.45) is -8.17. The first-order chi connectivity index (χ1) is 15.2. The largest absolute Gasteiger partial charge is 0.488 e. The number of methoxy groups -OCH3 is 1. The van der Waals surface area contributed by atoms with Crippen LogP contribution in [0.4, 0.5) is 8.78 Å². The Morgan fingerprint density at radius 1 is 1.09 bits per heavy atom. The van der Waals surface area contributed by atoms with Gasteiger partial charge in [0.2, 0.25) is 5.79 Å². The SMILES string of the molecule is CO[C@@]1(c2ccc(Cl)c(Cc3ccc(OCC(F)F)cc3)c2)O[C@H](CO)[C@@H](O)C(O)[C@H]1O. The van der Waals surface area contributed by atoms with Crippen molar-refractivity contribution in [1.29, 1.82) is 0 Å². The lowest BCUT2D eigenvalue weighted by Gasteiger charge is -2.47. The number of rotatable bonds is 8. The second-order valence-corrected chi connectivity index (χ2v) is 7.87. The zero-order valence-electron chi connectivity index (χ0n) is 17.2. The van der Waals surface area contributed by atoms with Crippen LogP contribution in [0.15, 0.2) is 42.5 Å². The molecule has 2 aromatic rings. The Kier molecular flexibility index (Phi) is 8.05. The Morgan fingerprint density at radius 3 is 2.38 bits per heavy atom. The van der Waals surface area contributed by atoms with Gasteiger partial charge in [-0.15, -0.1) is 0 Å². The summed E-state index contributed by atoms with van der Waals surface area (Å²) in [5, 5.41) is 40.9. The van der Waals surface area contributed by atoms with Crippen LogP contribution in [0.25, 0.3) is 0 Å². The zero-order chi connectivity index (χ0) is 23.5. The lowest BCUT2D eigenvalue weighted by molar-refractivity contribution is -0.366. The van der Waals surface area contributed by atoms with Gasteiger partial charge in [0.25, 0.3) is 6.43 Å². The fraction of sp³-hybridized carbons (Fsp3) is 0.455. The minimum Gasteiger partial charge on any atom is -0.488 e. The van der Waals surface area contributed by atoms with E-state index < -0.39 is 49.8 Å². The van der Waals surface area contributed by atoms with Gasteiger partial charge < -0.3 is 34.6 Å². The molecule has 1 fully saturated rings. The van der Waals surface area contributed by atoms with Gasteiger partial charge in [-0.2, -0.15) is 0 Å². The second kappa shape index (κ2) is 10.4. The van der Waals surface area contributed by atoms with E-state index >= 15 is 0 Å². The Morgan fingerprint density at radius 2 is 1.78 bits per heavy atom. The number of hydrogen-bond acceptors (Lipinski definition) is 7. The molecule has 1 aliphatic heterocycles. The maximum Gasteiger partial charge on any atom is 0.272 e. The summed E-state index contributed by atoms with van der Waals surface area (Å²) >= 11 is 6.35. The van der Waals surface area contributed by atoms with Crippen molar-refractivity contribution in [1.82, 2.24) is 0 Å². The molecular weight excluding hydrogens is 450 g/mol. The van der Waals surface area contributed by atoms with Crippen LogP contribution in [0.2, 0.25) is 5.02 Å². The fourth-order valence-corrected chi connectivity index (χ4v) is 3.86. The predicted octanol–water partition coefficient (Wildman–Crippen LogP) is 1.85. The van der Waals surface area contributed by atoms with Crippen molar-refractivity contribution in [2.45, 2.75) is 43.0 Å². The first-order valence-corrected chi connectivity index (χ1v) is 10.3. The number of ether oxygens (including phenoxy) is 3. The molecule has 0 saturated carbocycles. The molecule has 7 nitrogen and oxygen atoms in total. The number of aliphatic hydroxyl groups is 4. The van der Waals surface area contributed by atoms with E-state index in [-0.39, 0.29) is 0 Å². The molecule has 4 N–H and O–H groups in total. The van der Waals surface area contributed by atoms with Gasteiger partial charge in [-0.1, -0.05) is 29.8 Å². The topological polar surface area (TPSA) is 109 Å². The zero-order valence-corrected chi connectivity index (χ0v) is 18.0. The van der Waals surface area contributed by atoms with Gasteiger partial charge in [-0.05, 0) is 41.8 Å². The molecule has 1 heterocycles. The second-order valence-electron chi connectivity index (χ2n) is 7.47. The molecule has 0 radical (unpaired) electrons. The van der Waals surface area contributed by atoms with Crippen molar-refractivity contribution in [3.63, 3.8) is 0 Å². The highest BCUT2D eigenvalue weighted by Gasteiger charge is 2.55. The maximum absolute atomic E-state index is 12.3. The first kappa shape index (κ1) is 24.8. The normalized spacial score (nSPS) is 28.2. The lowest BCUT2D eigenvalue weighted by atomic mass is 9.87. The van der Waals surface area contributed by atoms with Gasteiger partial charge in [0.05, 0.1) is 6.61 Å². The maximum atomic E-state index is 12.3. The van der Waals surface area contributed by atoms with Crippen LogP contribution in [0.3, 0.4) is 0 Å². The molecule has 0 spiro atoms. The summed E-state index contributed by atoms with van der Waals surface area (Å²) in [7, 11) is 1.27. The summed E-state index contributed by atoms with van der Waals surface area (Å²) in [5.74, 6) is -1.54. The van der Waals surface area contributed by atoms with Crippen molar-refractivity contribution in [3.05, 3.63) is 64.2 Å². The quantitative estimate of drug-likeness (QED) is 0.462. The number of halogens is 3. The average molecular weight is 475 g/mol. The molecule has 32 heavy (non-hydrogen) atoms. The van der Waals surface area contributed by atoms with Gasteiger partial charge in [0.1, 0.15) is 36.8 Å². The summed E-state index contributed by atoms with van der Waals surface area (Å²) in [6, 6.07) is 11.3. The van der Waals surface area contributed by atoms with Gasteiger partial charge in [-0.3, -0.25) is 0 Å². The van der Waals surface area contributed by atoms with Crippen LogP contribution >= 0.6 is 11.6 Å². The van der Waals surface area contributed by atoms with Crippen molar-refractivity contribution >= 4 is 11.6 Å². The standard InChI is InChI=1S/C22H25ClF2O7/c1-30-22(21(29)20(28)19(27)17(10-26)32-22)14-4-7-16(23)13(9-14)8-12-2-5-15(6-3-12)31-11-18(24)25/h2-7,9,17-21,26-29H,8,10-11H2,1H3/t17-,19-,20?,21-,22+/m1/s1. The van der Waals surface area contributed by atoms with E-state index in [1.807, 2.05) is 0 Å². The first-order valence-electron chi connectivity index (χ1n) is 9.88. The molecule has 1 saturated heterocycles. The minimum atomic E-state index is -2.56. The lowest BCUT2D eigenvalue weighted by Crippen LogP contribution is -2.64. The third-order valence-electron chi connectivity index (χ3n) is 5.40. The molecule has 1 aliphatic rings. The van der Waals surface area contributed by atoms with Gasteiger partial charge in [0.15, 0.2) is 0 Å². The van der Waals surface area contributed by atoms with Crippen molar-refractivity contribution in [2.75, 3.05) is 20.3 Å². The van der Waals surface area contributed by atoms with Crippen LogP contribution in [0.5, 0.6) is 5.75 Å². The smallest absolute Gasteiger partial charge is 0.272 e. The van der Waals surface area contributed by atoms with Gasteiger partial charge in [0, 0.05) is 17.7 Å². The van der Waals surface area contributed by atoms with Crippen LogP contribution in [0.1, 0.15) is 16.7 Å². The fourth-order valence-electron chi connectivity index (χ4n) is 3.68. The number of aliphatic hydroxyl groups excluding tert-OH is 4. The Hall–Kier alpha value is -1.85. The summed E-state index contributed by atoms with van der Waals surface area (Å²) in [4.78, 5) is 0. The van der Waals surface area contributed by atoms with Crippen molar-refractivity contribution in [2.24, 2.45) is 0 Å². The molecule has 3 rings (SSSR count). The van der Waals surface area contributed by atoms with Gasteiger partial charge in [-0.25, -0.2) is 8.78 Å². The molecule has 10 heteroatoms. The Labute approximate surface area is 188 Å².